The lowest BCUT2D eigenvalue weighted by Crippen LogP contribution is -2.37. The van der Waals surface area contributed by atoms with Gasteiger partial charge < -0.3 is 15.4 Å². The first kappa shape index (κ1) is 21.9. The standard InChI is InChI=1S/C17H30N4O.HI/c1-5-18-17(19-12-7-6-9-14(2)3)20-13-15-10-8-11-16(21-15)22-4;/h8,10-11,14H,5-7,9,12-13H2,1-4H3,(H2,18,19,20);1H. The summed E-state index contributed by atoms with van der Waals surface area (Å²) in [5, 5.41) is 6.63. The Bertz CT molecular complexity index is 452. The number of hydrogen-bond acceptors (Lipinski definition) is 3. The largest absolute Gasteiger partial charge is 0.481 e. The first-order valence-corrected chi connectivity index (χ1v) is 8.17. The third-order valence-corrected chi connectivity index (χ3v) is 3.23. The van der Waals surface area contributed by atoms with E-state index < -0.39 is 0 Å². The molecule has 1 aromatic heterocycles. The molecule has 5 nitrogen and oxygen atoms in total. The first-order valence-electron chi connectivity index (χ1n) is 8.17. The number of halogens is 1. The Morgan fingerprint density at radius 3 is 2.70 bits per heavy atom. The molecular weight excluding hydrogens is 403 g/mol. The fourth-order valence-electron chi connectivity index (χ4n) is 2.05. The molecule has 0 unspecified atom stereocenters. The van der Waals surface area contributed by atoms with Crippen LogP contribution in [-0.4, -0.2) is 31.1 Å². The molecule has 0 amide bonds. The highest BCUT2D eigenvalue weighted by atomic mass is 127. The predicted octanol–water partition coefficient (Wildman–Crippen LogP) is 3.59. The second-order valence-electron chi connectivity index (χ2n) is 5.68. The van der Waals surface area contributed by atoms with Crippen LogP contribution in [0.5, 0.6) is 5.88 Å². The van der Waals surface area contributed by atoms with Crippen molar-refractivity contribution in [2.24, 2.45) is 10.9 Å². The number of guanidine groups is 1. The molecule has 0 fully saturated rings. The van der Waals surface area contributed by atoms with Crippen LogP contribution in [0.2, 0.25) is 0 Å². The van der Waals surface area contributed by atoms with Crippen LogP contribution in [0.3, 0.4) is 0 Å². The monoisotopic (exact) mass is 434 g/mol. The molecule has 1 aromatic rings. The van der Waals surface area contributed by atoms with Crippen LogP contribution in [0.1, 0.15) is 45.7 Å². The fraction of sp³-hybridized carbons (Fsp3) is 0.647. The molecule has 0 aliphatic carbocycles. The lowest BCUT2D eigenvalue weighted by atomic mass is 10.1. The van der Waals surface area contributed by atoms with Gasteiger partial charge in [0.2, 0.25) is 5.88 Å². The maximum absolute atomic E-state index is 5.13. The quantitative estimate of drug-likeness (QED) is 0.270. The Labute approximate surface area is 157 Å². The van der Waals surface area contributed by atoms with E-state index in [-0.39, 0.29) is 24.0 Å². The summed E-state index contributed by atoms with van der Waals surface area (Å²) in [5.74, 6) is 2.25. The van der Waals surface area contributed by atoms with Crippen LogP contribution < -0.4 is 15.4 Å². The highest BCUT2D eigenvalue weighted by molar-refractivity contribution is 14.0. The number of pyridine rings is 1. The molecule has 2 N–H and O–H groups in total. The summed E-state index contributed by atoms with van der Waals surface area (Å²) in [6.07, 6.45) is 3.70. The number of aromatic nitrogens is 1. The van der Waals surface area contributed by atoms with Gasteiger partial charge in [-0.1, -0.05) is 32.8 Å². The normalized spacial score (nSPS) is 11.1. The molecule has 0 aromatic carbocycles. The summed E-state index contributed by atoms with van der Waals surface area (Å²) in [6, 6.07) is 5.73. The zero-order chi connectivity index (χ0) is 16.2. The summed E-state index contributed by atoms with van der Waals surface area (Å²) < 4.78 is 5.13. The average molecular weight is 434 g/mol. The molecule has 0 spiro atoms. The minimum Gasteiger partial charge on any atom is -0.481 e. The smallest absolute Gasteiger partial charge is 0.213 e. The van der Waals surface area contributed by atoms with Crippen LogP contribution in [-0.2, 0) is 6.54 Å². The van der Waals surface area contributed by atoms with Crippen molar-refractivity contribution < 1.29 is 4.74 Å². The molecular formula is C17H31IN4O. The van der Waals surface area contributed by atoms with Crippen LogP contribution >= 0.6 is 24.0 Å². The highest BCUT2D eigenvalue weighted by Gasteiger charge is 2.00. The van der Waals surface area contributed by atoms with Crippen LogP contribution in [0.25, 0.3) is 0 Å². The van der Waals surface area contributed by atoms with E-state index >= 15 is 0 Å². The number of nitrogens with one attached hydrogen (secondary N) is 2. The predicted molar refractivity (Wildman–Crippen MR) is 108 cm³/mol. The first-order chi connectivity index (χ1) is 10.7. The van der Waals surface area contributed by atoms with Crippen molar-refractivity contribution in [3.63, 3.8) is 0 Å². The number of ether oxygens (including phenoxy) is 1. The van der Waals surface area contributed by atoms with Gasteiger partial charge in [0.15, 0.2) is 5.96 Å². The molecule has 0 aliphatic heterocycles. The maximum Gasteiger partial charge on any atom is 0.213 e. The van der Waals surface area contributed by atoms with Crippen LogP contribution in [0, 0.1) is 5.92 Å². The number of nitrogens with zero attached hydrogens (tertiary/aromatic N) is 2. The van der Waals surface area contributed by atoms with Crippen molar-refractivity contribution in [3.8, 4) is 5.88 Å². The molecule has 6 heteroatoms. The molecule has 1 heterocycles. The minimum absolute atomic E-state index is 0. The SMILES string of the molecule is CCNC(=NCc1cccc(OC)n1)NCCCCC(C)C.I. The number of aliphatic imine (C=N–C) groups is 1. The Hall–Kier alpha value is -1.05. The van der Waals surface area contributed by atoms with Gasteiger partial charge in [0.25, 0.3) is 0 Å². The van der Waals surface area contributed by atoms with Crippen molar-refractivity contribution in [2.45, 2.75) is 46.6 Å². The number of unbranched alkanes of at least 4 members (excludes halogenated alkanes) is 1. The summed E-state index contributed by atoms with van der Waals surface area (Å²) >= 11 is 0. The zero-order valence-corrected chi connectivity index (χ0v) is 17.1. The van der Waals surface area contributed by atoms with Crippen molar-refractivity contribution in [1.82, 2.24) is 15.6 Å². The molecule has 0 saturated heterocycles. The van der Waals surface area contributed by atoms with Gasteiger partial charge in [0, 0.05) is 19.2 Å². The molecule has 0 radical (unpaired) electrons. The van der Waals surface area contributed by atoms with E-state index in [2.05, 4.69) is 41.4 Å². The van der Waals surface area contributed by atoms with Crippen molar-refractivity contribution in [1.29, 1.82) is 0 Å². The van der Waals surface area contributed by atoms with Gasteiger partial charge in [0.1, 0.15) is 0 Å². The van der Waals surface area contributed by atoms with Gasteiger partial charge in [-0.3, -0.25) is 0 Å². The van der Waals surface area contributed by atoms with Crippen LogP contribution in [0.4, 0.5) is 0 Å². The third kappa shape index (κ3) is 10.4. The minimum atomic E-state index is 0. The Morgan fingerprint density at radius 2 is 2.04 bits per heavy atom. The van der Waals surface area contributed by atoms with E-state index in [1.54, 1.807) is 7.11 Å². The molecule has 0 atom stereocenters. The van der Waals surface area contributed by atoms with E-state index in [0.717, 1.165) is 30.7 Å². The second kappa shape index (κ2) is 13.4. The molecule has 1 rings (SSSR count). The summed E-state index contributed by atoms with van der Waals surface area (Å²) in [6.45, 7) is 8.94. The highest BCUT2D eigenvalue weighted by Crippen LogP contribution is 2.07. The van der Waals surface area contributed by atoms with Gasteiger partial charge in [-0.05, 0) is 25.3 Å². The Morgan fingerprint density at radius 1 is 1.26 bits per heavy atom. The number of methoxy groups -OCH3 is 1. The average Bonchev–Trinajstić information content (AvgIpc) is 2.52. The van der Waals surface area contributed by atoms with E-state index in [4.69, 9.17) is 4.74 Å². The van der Waals surface area contributed by atoms with Crippen molar-refractivity contribution in [2.75, 3.05) is 20.2 Å². The van der Waals surface area contributed by atoms with Gasteiger partial charge in [0.05, 0.1) is 19.3 Å². The number of hydrogen-bond donors (Lipinski definition) is 2. The van der Waals surface area contributed by atoms with Crippen molar-refractivity contribution in [3.05, 3.63) is 23.9 Å². The summed E-state index contributed by atoms with van der Waals surface area (Å²) in [7, 11) is 1.62. The van der Waals surface area contributed by atoms with E-state index in [1.165, 1.54) is 19.3 Å². The number of rotatable bonds is 9. The fourth-order valence-corrected chi connectivity index (χ4v) is 2.05. The Kier molecular flexibility index (Phi) is 12.8. The van der Waals surface area contributed by atoms with Gasteiger partial charge in [-0.2, -0.15) is 0 Å². The van der Waals surface area contributed by atoms with E-state index in [0.29, 0.717) is 12.4 Å². The van der Waals surface area contributed by atoms with Gasteiger partial charge in [-0.25, -0.2) is 9.98 Å². The summed E-state index contributed by atoms with van der Waals surface area (Å²) in [5.41, 5.74) is 0.899. The molecule has 0 aliphatic rings. The van der Waals surface area contributed by atoms with E-state index in [9.17, 15) is 0 Å². The van der Waals surface area contributed by atoms with Gasteiger partial charge >= 0.3 is 0 Å². The molecule has 132 valence electrons. The topological polar surface area (TPSA) is 58.5 Å². The van der Waals surface area contributed by atoms with Gasteiger partial charge in [-0.15, -0.1) is 24.0 Å². The van der Waals surface area contributed by atoms with Crippen molar-refractivity contribution >= 4 is 29.9 Å². The molecule has 0 saturated carbocycles. The third-order valence-electron chi connectivity index (χ3n) is 3.23. The molecule has 23 heavy (non-hydrogen) atoms. The maximum atomic E-state index is 5.13. The van der Waals surface area contributed by atoms with Crippen LogP contribution in [0.15, 0.2) is 23.2 Å². The second-order valence-corrected chi connectivity index (χ2v) is 5.68. The van der Waals surface area contributed by atoms with E-state index in [1.807, 2.05) is 18.2 Å². The zero-order valence-electron chi connectivity index (χ0n) is 14.8. The lowest BCUT2D eigenvalue weighted by molar-refractivity contribution is 0.396. The Balaban J connectivity index is 0.00000484. The molecule has 0 bridgehead atoms. The lowest BCUT2D eigenvalue weighted by Gasteiger charge is -2.11. The summed E-state index contributed by atoms with van der Waals surface area (Å²) in [4.78, 5) is 8.94.